The van der Waals surface area contributed by atoms with Gasteiger partial charge >= 0.3 is 5.69 Å². The van der Waals surface area contributed by atoms with E-state index in [9.17, 15) is 9.18 Å². The Morgan fingerprint density at radius 3 is 2.70 bits per heavy atom. The van der Waals surface area contributed by atoms with Crippen LogP contribution >= 0.6 is 28.1 Å². The van der Waals surface area contributed by atoms with Crippen LogP contribution in [0, 0.1) is 5.82 Å². The molecule has 1 aliphatic heterocycles. The van der Waals surface area contributed by atoms with Crippen LogP contribution in [0.2, 0.25) is 0 Å². The second-order valence-corrected chi connectivity index (χ2v) is 7.83. The number of para-hydroxylation sites is 2. The van der Waals surface area contributed by atoms with Crippen molar-refractivity contribution in [2.75, 3.05) is 18.4 Å². The fourth-order valence-corrected chi connectivity index (χ4v) is 4.29. The molecule has 2 N–H and O–H groups in total. The number of fused-ring (bicyclic) bond motifs is 1. The lowest BCUT2D eigenvalue weighted by Crippen LogP contribution is -2.42. The van der Waals surface area contributed by atoms with E-state index in [0.717, 1.165) is 42.7 Å². The predicted molar refractivity (Wildman–Crippen MR) is 113 cm³/mol. The lowest BCUT2D eigenvalue weighted by Gasteiger charge is -2.34. The summed E-state index contributed by atoms with van der Waals surface area (Å²) >= 11 is 8.86. The van der Waals surface area contributed by atoms with Crippen LogP contribution in [-0.2, 0) is 0 Å². The molecular formula is C19H18BrFN4OS. The van der Waals surface area contributed by atoms with Gasteiger partial charge in [-0.2, -0.15) is 0 Å². The molecule has 0 radical (unpaired) electrons. The van der Waals surface area contributed by atoms with Crippen LogP contribution in [0.4, 0.5) is 10.1 Å². The van der Waals surface area contributed by atoms with Crippen LogP contribution in [-0.4, -0.2) is 32.7 Å². The first-order chi connectivity index (χ1) is 13.0. The number of likely N-dealkylation sites (tertiary alicyclic amines) is 1. The molecule has 1 fully saturated rings. The minimum Gasteiger partial charge on any atom is -0.349 e. The molecule has 0 bridgehead atoms. The average molecular weight is 449 g/mol. The molecule has 0 spiro atoms. The van der Waals surface area contributed by atoms with Gasteiger partial charge in [-0.1, -0.05) is 12.1 Å². The number of aromatic nitrogens is 2. The van der Waals surface area contributed by atoms with Crippen molar-refractivity contribution in [2.45, 2.75) is 18.9 Å². The highest BCUT2D eigenvalue weighted by Gasteiger charge is 2.25. The third-order valence-electron chi connectivity index (χ3n) is 4.91. The summed E-state index contributed by atoms with van der Waals surface area (Å²) in [5, 5.41) is 3.77. The molecule has 3 aromatic rings. The van der Waals surface area contributed by atoms with Gasteiger partial charge in [-0.15, -0.1) is 0 Å². The van der Waals surface area contributed by atoms with Gasteiger partial charge < -0.3 is 15.2 Å². The zero-order chi connectivity index (χ0) is 19.0. The lowest BCUT2D eigenvalue weighted by atomic mass is 10.0. The first-order valence-corrected chi connectivity index (χ1v) is 9.93. The Bertz CT molecular complexity index is 1060. The Labute approximate surface area is 169 Å². The largest absolute Gasteiger partial charge is 0.349 e. The third kappa shape index (κ3) is 3.64. The molecule has 5 nitrogen and oxygen atoms in total. The quantitative estimate of drug-likeness (QED) is 0.574. The fraction of sp³-hybridized carbons (Fsp3) is 0.263. The van der Waals surface area contributed by atoms with Gasteiger partial charge in [-0.25, -0.2) is 9.18 Å². The van der Waals surface area contributed by atoms with Crippen LogP contribution in [0.3, 0.4) is 0 Å². The number of hydrogen-bond donors (Lipinski definition) is 2. The maximum atomic E-state index is 13.2. The van der Waals surface area contributed by atoms with Gasteiger partial charge in [0.05, 0.1) is 16.7 Å². The van der Waals surface area contributed by atoms with E-state index in [2.05, 4.69) is 31.1 Å². The molecule has 27 heavy (non-hydrogen) atoms. The average Bonchev–Trinajstić information content (AvgIpc) is 3.00. The number of benzene rings is 2. The zero-order valence-electron chi connectivity index (χ0n) is 14.4. The van der Waals surface area contributed by atoms with Crippen LogP contribution in [0.1, 0.15) is 18.9 Å². The number of nitrogens with zero attached hydrogens (tertiary/aromatic N) is 2. The molecule has 1 saturated heterocycles. The Morgan fingerprint density at radius 2 is 1.96 bits per heavy atom. The van der Waals surface area contributed by atoms with E-state index in [-0.39, 0.29) is 17.5 Å². The first kappa shape index (κ1) is 18.2. The van der Waals surface area contributed by atoms with Crippen LogP contribution in [0.5, 0.6) is 0 Å². The summed E-state index contributed by atoms with van der Waals surface area (Å²) in [6, 6.07) is 12.4. The molecular weight excluding hydrogens is 431 g/mol. The molecule has 8 heteroatoms. The molecule has 1 aliphatic rings. The normalized spacial score (nSPS) is 15.3. The number of rotatable bonds is 2. The lowest BCUT2D eigenvalue weighted by molar-refractivity contribution is 0.269. The number of hydrogen-bond acceptors (Lipinski definition) is 2. The number of nitrogens with one attached hydrogen (secondary N) is 2. The monoisotopic (exact) mass is 448 g/mol. The van der Waals surface area contributed by atoms with Crippen molar-refractivity contribution in [1.29, 1.82) is 0 Å². The molecule has 1 aromatic heterocycles. The van der Waals surface area contributed by atoms with Crippen molar-refractivity contribution < 1.29 is 4.39 Å². The van der Waals surface area contributed by atoms with E-state index < -0.39 is 0 Å². The van der Waals surface area contributed by atoms with E-state index in [1.54, 1.807) is 6.07 Å². The SMILES string of the molecule is O=c1[nH]c2ccccc2n1C1CCN(C(=S)Nc2ccc(F)cc2Br)CC1. The smallest absolute Gasteiger partial charge is 0.326 e. The molecule has 2 heterocycles. The first-order valence-electron chi connectivity index (χ1n) is 8.73. The number of imidazole rings is 1. The summed E-state index contributed by atoms with van der Waals surface area (Å²) in [6.07, 6.45) is 1.66. The zero-order valence-corrected chi connectivity index (χ0v) is 16.8. The van der Waals surface area contributed by atoms with Crippen molar-refractivity contribution in [2.24, 2.45) is 0 Å². The Kier molecular flexibility index (Phi) is 5.01. The van der Waals surface area contributed by atoms with Gasteiger partial charge in [-0.3, -0.25) is 4.57 Å². The van der Waals surface area contributed by atoms with E-state index in [0.29, 0.717) is 9.59 Å². The number of halogens is 2. The van der Waals surface area contributed by atoms with Crippen molar-refractivity contribution in [3.63, 3.8) is 0 Å². The third-order valence-corrected chi connectivity index (χ3v) is 5.93. The van der Waals surface area contributed by atoms with Crippen molar-refractivity contribution in [1.82, 2.24) is 14.5 Å². The van der Waals surface area contributed by atoms with Crippen molar-refractivity contribution in [3.05, 3.63) is 63.2 Å². The van der Waals surface area contributed by atoms with E-state index in [1.807, 2.05) is 28.8 Å². The summed E-state index contributed by atoms with van der Waals surface area (Å²) in [5.74, 6) is -0.302. The van der Waals surface area contributed by atoms with E-state index >= 15 is 0 Å². The second kappa shape index (κ2) is 7.44. The molecule has 4 rings (SSSR count). The Balaban J connectivity index is 1.45. The van der Waals surface area contributed by atoms with Gasteiger partial charge in [0.1, 0.15) is 5.82 Å². The summed E-state index contributed by atoms with van der Waals surface area (Å²) < 4.78 is 15.7. The number of H-pyrrole nitrogens is 1. The maximum absolute atomic E-state index is 13.2. The number of thiocarbonyl (C=S) groups is 1. The van der Waals surface area contributed by atoms with Crippen LogP contribution in [0.25, 0.3) is 11.0 Å². The van der Waals surface area contributed by atoms with Gasteiger partial charge in [-0.05, 0) is 71.3 Å². The summed E-state index contributed by atoms with van der Waals surface area (Å²) in [6.45, 7) is 1.50. The van der Waals surface area contributed by atoms with Gasteiger partial charge in [0.25, 0.3) is 0 Å². The molecule has 0 amide bonds. The maximum Gasteiger partial charge on any atom is 0.326 e. The van der Waals surface area contributed by atoms with Crippen molar-refractivity contribution >= 4 is 50.0 Å². The van der Waals surface area contributed by atoms with Gasteiger partial charge in [0.15, 0.2) is 5.11 Å². The van der Waals surface area contributed by atoms with Crippen LogP contribution < -0.4 is 11.0 Å². The van der Waals surface area contributed by atoms with Gasteiger partial charge in [0.2, 0.25) is 0 Å². The minimum absolute atomic E-state index is 0.0643. The molecule has 2 aromatic carbocycles. The highest BCUT2D eigenvalue weighted by Crippen LogP contribution is 2.27. The highest BCUT2D eigenvalue weighted by atomic mass is 79.9. The standard InChI is InChI=1S/C19H18BrFN4OS/c20-14-11-12(21)5-6-15(14)23-19(27)24-9-7-13(8-10-24)25-17-4-2-1-3-16(17)22-18(25)26/h1-6,11,13H,7-10H2,(H,22,26)(H,23,27). The summed E-state index contributed by atoms with van der Waals surface area (Å²) in [4.78, 5) is 17.4. The second-order valence-electron chi connectivity index (χ2n) is 6.59. The summed E-state index contributed by atoms with van der Waals surface area (Å²) in [7, 11) is 0. The van der Waals surface area contributed by atoms with E-state index in [4.69, 9.17) is 12.2 Å². The fourth-order valence-electron chi connectivity index (χ4n) is 3.55. The van der Waals surface area contributed by atoms with E-state index in [1.165, 1.54) is 12.1 Å². The molecule has 0 atom stereocenters. The predicted octanol–water partition coefficient (Wildman–Crippen LogP) is 4.27. The number of piperidine rings is 1. The van der Waals surface area contributed by atoms with Crippen molar-refractivity contribution in [3.8, 4) is 0 Å². The highest BCUT2D eigenvalue weighted by molar-refractivity contribution is 9.10. The molecule has 0 unspecified atom stereocenters. The molecule has 140 valence electrons. The molecule has 0 saturated carbocycles. The Morgan fingerprint density at radius 1 is 1.22 bits per heavy atom. The minimum atomic E-state index is -0.302. The summed E-state index contributed by atoms with van der Waals surface area (Å²) in [5.41, 5.74) is 2.47. The molecule has 0 aliphatic carbocycles. The Hall–Kier alpha value is -2.19. The number of anilines is 1. The topological polar surface area (TPSA) is 53.1 Å². The number of aromatic amines is 1. The van der Waals surface area contributed by atoms with Gasteiger partial charge in [0, 0.05) is 23.6 Å². The van der Waals surface area contributed by atoms with Crippen LogP contribution in [0.15, 0.2) is 51.7 Å².